The summed E-state index contributed by atoms with van der Waals surface area (Å²) in [5.74, 6) is 2.92. The van der Waals surface area contributed by atoms with Crippen LogP contribution in [0.4, 0.5) is 0 Å². The summed E-state index contributed by atoms with van der Waals surface area (Å²) in [5, 5.41) is 3.50. The first-order chi connectivity index (χ1) is 9.83. The van der Waals surface area contributed by atoms with Crippen LogP contribution in [0.5, 0.6) is 11.5 Å². The largest absolute Gasteiger partial charge is 0.496 e. The van der Waals surface area contributed by atoms with E-state index in [1.807, 2.05) is 7.11 Å². The molecule has 0 spiro atoms. The van der Waals surface area contributed by atoms with Gasteiger partial charge in [0.25, 0.3) is 0 Å². The Hall–Kier alpha value is -1.22. The molecule has 0 amide bonds. The molecule has 0 aromatic heterocycles. The summed E-state index contributed by atoms with van der Waals surface area (Å²) >= 11 is 0. The topological polar surface area (TPSA) is 30.5 Å². The van der Waals surface area contributed by atoms with Crippen molar-refractivity contribution in [1.82, 2.24) is 5.32 Å². The minimum absolute atomic E-state index is 0.724. The lowest BCUT2D eigenvalue weighted by Crippen LogP contribution is -2.31. The normalized spacial score (nSPS) is 21.6. The van der Waals surface area contributed by atoms with Crippen LogP contribution in [0.2, 0.25) is 0 Å². The molecule has 1 heterocycles. The second-order valence-electron chi connectivity index (χ2n) is 6.00. The number of fused-ring (bicyclic) bond motifs is 1. The summed E-state index contributed by atoms with van der Waals surface area (Å²) in [5.41, 5.74) is 4.10. The van der Waals surface area contributed by atoms with Crippen LogP contribution in [-0.4, -0.2) is 27.3 Å². The Morgan fingerprint density at radius 1 is 1.15 bits per heavy atom. The molecule has 1 aliphatic heterocycles. The van der Waals surface area contributed by atoms with Crippen LogP contribution in [0.15, 0.2) is 6.07 Å². The highest BCUT2D eigenvalue weighted by molar-refractivity contribution is 5.56. The molecular weight excluding hydrogens is 250 g/mol. The summed E-state index contributed by atoms with van der Waals surface area (Å²) < 4.78 is 11.4. The number of hydrogen-bond acceptors (Lipinski definition) is 3. The van der Waals surface area contributed by atoms with Crippen molar-refractivity contribution in [2.75, 3.05) is 27.3 Å². The smallest absolute Gasteiger partial charge is 0.125 e. The molecule has 1 N–H and O–H groups in total. The van der Waals surface area contributed by atoms with Crippen molar-refractivity contribution in [3.05, 3.63) is 22.8 Å². The number of ether oxygens (including phenoxy) is 2. The molecule has 1 aromatic carbocycles. The molecule has 3 heteroatoms. The lowest BCUT2D eigenvalue weighted by Gasteiger charge is -2.24. The van der Waals surface area contributed by atoms with E-state index in [9.17, 15) is 0 Å². The molecule has 20 heavy (non-hydrogen) atoms. The van der Waals surface area contributed by atoms with Crippen LogP contribution in [0.1, 0.15) is 36.0 Å². The zero-order chi connectivity index (χ0) is 13.9. The molecule has 0 bridgehead atoms. The number of nitrogens with one attached hydrogen (secondary N) is 1. The van der Waals surface area contributed by atoms with Gasteiger partial charge in [-0.25, -0.2) is 0 Å². The summed E-state index contributed by atoms with van der Waals surface area (Å²) in [6.45, 7) is 2.30. The average Bonchev–Trinajstić information content (AvgIpc) is 2.97. The van der Waals surface area contributed by atoms with E-state index in [0.717, 1.165) is 43.2 Å². The maximum absolute atomic E-state index is 5.75. The molecule has 3 rings (SSSR count). The Morgan fingerprint density at radius 2 is 2.00 bits per heavy atom. The van der Waals surface area contributed by atoms with E-state index < -0.39 is 0 Å². The first-order valence-corrected chi connectivity index (χ1v) is 7.79. The predicted molar refractivity (Wildman–Crippen MR) is 80.9 cm³/mol. The number of benzene rings is 1. The molecule has 1 atom stereocenters. The van der Waals surface area contributed by atoms with Gasteiger partial charge in [-0.05, 0) is 69.2 Å². The van der Waals surface area contributed by atoms with Crippen molar-refractivity contribution < 1.29 is 9.47 Å². The van der Waals surface area contributed by atoms with Gasteiger partial charge in [0.05, 0.1) is 14.2 Å². The summed E-state index contributed by atoms with van der Waals surface area (Å²) in [4.78, 5) is 0. The van der Waals surface area contributed by atoms with Gasteiger partial charge in [-0.15, -0.1) is 0 Å². The summed E-state index contributed by atoms with van der Waals surface area (Å²) in [6.07, 6.45) is 7.17. The molecule has 1 aliphatic carbocycles. The highest BCUT2D eigenvalue weighted by Gasteiger charge is 2.25. The Morgan fingerprint density at radius 3 is 2.70 bits per heavy atom. The number of hydrogen-bond donors (Lipinski definition) is 1. The average molecular weight is 275 g/mol. The number of methoxy groups -OCH3 is 2. The lowest BCUT2D eigenvalue weighted by molar-refractivity contribution is 0.359. The molecule has 1 unspecified atom stereocenters. The van der Waals surface area contributed by atoms with Crippen LogP contribution in [-0.2, 0) is 19.3 Å². The molecule has 0 radical (unpaired) electrons. The highest BCUT2D eigenvalue weighted by atomic mass is 16.5. The van der Waals surface area contributed by atoms with E-state index in [0.29, 0.717) is 0 Å². The number of piperidine rings is 1. The highest BCUT2D eigenvalue weighted by Crippen LogP contribution is 2.41. The maximum atomic E-state index is 5.75. The standard InChI is InChI=1S/C17H25NO2/c1-19-16-10-13(9-12-5-4-8-18-11-12)17(20-2)15-7-3-6-14(15)16/h10,12,18H,3-9,11H2,1-2H3. The first-order valence-electron chi connectivity index (χ1n) is 7.79. The van der Waals surface area contributed by atoms with Gasteiger partial charge in [0, 0.05) is 11.1 Å². The summed E-state index contributed by atoms with van der Waals surface area (Å²) in [7, 11) is 3.59. The third kappa shape index (κ3) is 2.51. The van der Waals surface area contributed by atoms with E-state index in [1.54, 1.807) is 7.11 Å². The van der Waals surface area contributed by atoms with Crippen LogP contribution in [0, 0.1) is 5.92 Å². The molecule has 1 aromatic rings. The van der Waals surface area contributed by atoms with Gasteiger partial charge in [-0.3, -0.25) is 0 Å². The Labute approximate surface area is 121 Å². The van der Waals surface area contributed by atoms with Crippen molar-refractivity contribution in [2.45, 2.75) is 38.5 Å². The molecule has 1 saturated heterocycles. The molecule has 3 nitrogen and oxygen atoms in total. The van der Waals surface area contributed by atoms with Crippen LogP contribution >= 0.6 is 0 Å². The van der Waals surface area contributed by atoms with Crippen LogP contribution < -0.4 is 14.8 Å². The van der Waals surface area contributed by atoms with Gasteiger partial charge in [0.2, 0.25) is 0 Å². The minimum atomic E-state index is 0.724. The van der Waals surface area contributed by atoms with Crippen molar-refractivity contribution in [3.8, 4) is 11.5 Å². The number of rotatable bonds is 4. The molecular formula is C17H25NO2. The van der Waals surface area contributed by atoms with E-state index >= 15 is 0 Å². The van der Waals surface area contributed by atoms with E-state index in [4.69, 9.17) is 9.47 Å². The fourth-order valence-electron chi connectivity index (χ4n) is 3.77. The predicted octanol–water partition coefficient (Wildman–Crippen LogP) is 2.73. The van der Waals surface area contributed by atoms with Gasteiger partial charge in [0.1, 0.15) is 11.5 Å². The van der Waals surface area contributed by atoms with Gasteiger partial charge in [-0.1, -0.05) is 0 Å². The molecule has 1 fully saturated rings. The lowest BCUT2D eigenvalue weighted by atomic mass is 9.90. The van der Waals surface area contributed by atoms with Gasteiger partial charge >= 0.3 is 0 Å². The second kappa shape index (κ2) is 6.04. The monoisotopic (exact) mass is 275 g/mol. The van der Waals surface area contributed by atoms with Crippen molar-refractivity contribution in [3.63, 3.8) is 0 Å². The van der Waals surface area contributed by atoms with Gasteiger partial charge in [0.15, 0.2) is 0 Å². The van der Waals surface area contributed by atoms with E-state index in [1.165, 1.54) is 42.5 Å². The fourth-order valence-corrected chi connectivity index (χ4v) is 3.77. The third-order valence-corrected chi connectivity index (χ3v) is 4.72. The minimum Gasteiger partial charge on any atom is -0.496 e. The summed E-state index contributed by atoms with van der Waals surface area (Å²) in [6, 6.07) is 2.22. The van der Waals surface area contributed by atoms with Crippen molar-refractivity contribution in [2.24, 2.45) is 5.92 Å². The Kier molecular flexibility index (Phi) is 4.16. The molecule has 110 valence electrons. The Balaban J connectivity index is 1.92. The fraction of sp³-hybridized carbons (Fsp3) is 0.647. The van der Waals surface area contributed by atoms with Crippen molar-refractivity contribution >= 4 is 0 Å². The van der Waals surface area contributed by atoms with Crippen LogP contribution in [0.3, 0.4) is 0 Å². The molecule has 0 saturated carbocycles. The van der Waals surface area contributed by atoms with Crippen LogP contribution in [0.25, 0.3) is 0 Å². The second-order valence-corrected chi connectivity index (χ2v) is 6.00. The quantitative estimate of drug-likeness (QED) is 0.916. The van der Waals surface area contributed by atoms with Crippen molar-refractivity contribution in [1.29, 1.82) is 0 Å². The van der Waals surface area contributed by atoms with E-state index in [2.05, 4.69) is 11.4 Å². The van der Waals surface area contributed by atoms with Gasteiger partial charge < -0.3 is 14.8 Å². The first kappa shape index (κ1) is 13.7. The molecule has 2 aliphatic rings. The Bertz CT molecular complexity index is 478. The maximum Gasteiger partial charge on any atom is 0.125 e. The zero-order valence-corrected chi connectivity index (χ0v) is 12.6. The van der Waals surface area contributed by atoms with Gasteiger partial charge in [-0.2, -0.15) is 0 Å². The SMILES string of the molecule is COc1cc(CC2CCCNC2)c(OC)c2c1CCC2. The third-order valence-electron chi connectivity index (χ3n) is 4.72. The van der Waals surface area contributed by atoms with E-state index in [-0.39, 0.29) is 0 Å². The zero-order valence-electron chi connectivity index (χ0n) is 12.6.